The molecule has 2 rings (SSSR count). The van der Waals surface area contributed by atoms with E-state index in [1.807, 2.05) is 13.8 Å². The molecule has 0 aliphatic rings. The number of carbonyl (C=O) groups is 1. The van der Waals surface area contributed by atoms with Gasteiger partial charge < -0.3 is 20.5 Å². The largest absolute Gasteiger partial charge is 0.463 e. The molecule has 0 aromatic carbocycles. The summed E-state index contributed by atoms with van der Waals surface area (Å²) in [5.74, 6) is 0.129. The highest BCUT2D eigenvalue weighted by molar-refractivity contribution is 5.94. The molecule has 6 nitrogen and oxygen atoms in total. The van der Waals surface area contributed by atoms with E-state index in [-0.39, 0.29) is 5.56 Å². The van der Waals surface area contributed by atoms with E-state index in [1.54, 1.807) is 18.2 Å². The third-order valence-corrected chi connectivity index (χ3v) is 4.06. The molecule has 0 bridgehead atoms. The fraction of sp³-hybridized carbons (Fsp3) is 0.375. The summed E-state index contributed by atoms with van der Waals surface area (Å²) in [5, 5.41) is 2.88. The van der Waals surface area contributed by atoms with E-state index < -0.39 is 17.0 Å². The number of nitrogens with two attached hydrogens (primary N) is 1. The number of aromatic nitrogens is 1. The average molecular weight is 303 g/mol. The Kier molecular flexibility index (Phi) is 4.82. The van der Waals surface area contributed by atoms with Crippen LogP contribution in [0.1, 0.15) is 37.0 Å². The van der Waals surface area contributed by atoms with E-state index in [0.717, 1.165) is 0 Å². The van der Waals surface area contributed by atoms with Gasteiger partial charge in [0.25, 0.3) is 11.5 Å². The van der Waals surface area contributed by atoms with Gasteiger partial charge in [0.15, 0.2) is 0 Å². The molecule has 118 valence electrons. The second-order valence-electron chi connectivity index (χ2n) is 5.24. The molecule has 0 aliphatic heterocycles. The van der Waals surface area contributed by atoms with Crippen LogP contribution in [0.5, 0.6) is 0 Å². The highest BCUT2D eigenvalue weighted by Crippen LogP contribution is 2.17. The number of nitrogens with one attached hydrogen (secondary N) is 2. The Morgan fingerprint density at radius 1 is 1.32 bits per heavy atom. The molecule has 6 heteroatoms. The fourth-order valence-corrected chi connectivity index (χ4v) is 2.30. The molecule has 0 saturated heterocycles. The minimum Gasteiger partial charge on any atom is -0.463 e. The molecule has 2 heterocycles. The number of furan rings is 1. The molecule has 22 heavy (non-hydrogen) atoms. The standard InChI is InChI=1S/C16H21N3O3/c1-3-16(4-2,10-17)19-15(21)11-7-8-12(18-14(11)20)13-6-5-9-22-13/h5-9H,3-4,10,17H2,1-2H3,(H,18,20)(H,19,21). The van der Waals surface area contributed by atoms with E-state index >= 15 is 0 Å². The normalized spacial score (nSPS) is 11.4. The Morgan fingerprint density at radius 2 is 2.05 bits per heavy atom. The van der Waals surface area contributed by atoms with Crippen molar-refractivity contribution in [2.75, 3.05) is 6.54 Å². The Morgan fingerprint density at radius 3 is 2.55 bits per heavy atom. The van der Waals surface area contributed by atoms with Gasteiger partial charge >= 0.3 is 0 Å². The SMILES string of the molecule is CCC(CC)(CN)NC(=O)c1ccc(-c2ccco2)[nH]c1=O. The first-order valence-corrected chi connectivity index (χ1v) is 7.35. The molecule has 2 aromatic rings. The zero-order valence-corrected chi connectivity index (χ0v) is 12.8. The topological polar surface area (TPSA) is 101 Å². The Hall–Kier alpha value is -2.34. The lowest BCUT2D eigenvalue weighted by Gasteiger charge is -2.31. The van der Waals surface area contributed by atoms with Crippen molar-refractivity contribution in [3.8, 4) is 11.5 Å². The lowest BCUT2D eigenvalue weighted by atomic mass is 9.92. The van der Waals surface area contributed by atoms with Crippen molar-refractivity contribution < 1.29 is 9.21 Å². The summed E-state index contributed by atoms with van der Waals surface area (Å²) in [7, 11) is 0. The van der Waals surface area contributed by atoms with Gasteiger partial charge in [-0.05, 0) is 37.1 Å². The third-order valence-electron chi connectivity index (χ3n) is 4.06. The van der Waals surface area contributed by atoms with Crippen LogP contribution >= 0.6 is 0 Å². The summed E-state index contributed by atoms with van der Waals surface area (Å²) >= 11 is 0. The maximum atomic E-state index is 12.3. The lowest BCUT2D eigenvalue weighted by molar-refractivity contribution is 0.0893. The van der Waals surface area contributed by atoms with Gasteiger partial charge in [-0.3, -0.25) is 9.59 Å². The summed E-state index contributed by atoms with van der Waals surface area (Å²) in [6.45, 7) is 4.25. The summed E-state index contributed by atoms with van der Waals surface area (Å²) < 4.78 is 5.22. The summed E-state index contributed by atoms with van der Waals surface area (Å²) in [6.07, 6.45) is 2.93. The maximum absolute atomic E-state index is 12.3. The van der Waals surface area contributed by atoms with Gasteiger partial charge in [-0.1, -0.05) is 13.8 Å². The van der Waals surface area contributed by atoms with Crippen molar-refractivity contribution in [1.29, 1.82) is 0 Å². The summed E-state index contributed by atoms with van der Waals surface area (Å²) in [4.78, 5) is 27.1. The number of amides is 1. The number of rotatable bonds is 6. The molecular formula is C16H21N3O3. The minimum atomic E-state index is -0.483. The van der Waals surface area contributed by atoms with Gasteiger partial charge in [0.2, 0.25) is 0 Å². The van der Waals surface area contributed by atoms with Gasteiger partial charge in [-0.25, -0.2) is 0 Å². The Bertz CT molecular complexity index is 677. The molecule has 0 radical (unpaired) electrons. The molecule has 0 spiro atoms. The number of pyridine rings is 1. The second-order valence-corrected chi connectivity index (χ2v) is 5.24. The molecule has 0 fully saturated rings. The first-order valence-electron chi connectivity index (χ1n) is 7.35. The van der Waals surface area contributed by atoms with Gasteiger partial charge in [0.05, 0.1) is 17.5 Å². The van der Waals surface area contributed by atoms with Crippen LogP contribution in [0.4, 0.5) is 0 Å². The van der Waals surface area contributed by atoms with Crippen LogP contribution in [-0.4, -0.2) is 23.0 Å². The van der Waals surface area contributed by atoms with Gasteiger partial charge in [0, 0.05) is 6.54 Å². The first kappa shape index (κ1) is 16.0. The van der Waals surface area contributed by atoms with E-state index in [9.17, 15) is 9.59 Å². The van der Waals surface area contributed by atoms with Crippen LogP contribution in [0.2, 0.25) is 0 Å². The Labute approximate surface area is 128 Å². The second kappa shape index (κ2) is 6.62. The zero-order chi connectivity index (χ0) is 16.2. The number of H-pyrrole nitrogens is 1. The van der Waals surface area contributed by atoms with E-state index in [1.165, 1.54) is 12.3 Å². The Balaban J connectivity index is 2.26. The number of hydrogen-bond acceptors (Lipinski definition) is 4. The maximum Gasteiger partial charge on any atom is 0.261 e. The molecule has 2 aromatic heterocycles. The quantitative estimate of drug-likeness (QED) is 0.758. The molecule has 4 N–H and O–H groups in total. The highest BCUT2D eigenvalue weighted by atomic mass is 16.3. The van der Waals surface area contributed by atoms with Crippen LogP contribution in [0.3, 0.4) is 0 Å². The number of aromatic amines is 1. The number of carbonyl (C=O) groups excluding carboxylic acids is 1. The molecular weight excluding hydrogens is 282 g/mol. The summed E-state index contributed by atoms with van der Waals surface area (Å²) in [6, 6.07) is 6.61. The van der Waals surface area contributed by atoms with Crippen molar-refractivity contribution in [1.82, 2.24) is 10.3 Å². The zero-order valence-electron chi connectivity index (χ0n) is 12.8. The van der Waals surface area contributed by atoms with E-state index in [2.05, 4.69) is 10.3 Å². The number of hydrogen-bond donors (Lipinski definition) is 3. The monoisotopic (exact) mass is 303 g/mol. The van der Waals surface area contributed by atoms with E-state index in [4.69, 9.17) is 10.2 Å². The van der Waals surface area contributed by atoms with Crippen LogP contribution in [0.15, 0.2) is 39.7 Å². The van der Waals surface area contributed by atoms with Gasteiger partial charge in [-0.2, -0.15) is 0 Å². The molecule has 0 aliphatic carbocycles. The molecule has 0 unspecified atom stereocenters. The van der Waals surface area contributed by atoms with Crippen LogP contribution in [0, 0.1) is 0 Å². The smallest absolute Gasteiger partial charge is 0.261 e. The van der Waals surface area contributed by atoms with Crippen LogP contribution in [0.25, 0.3) is 11.5 Å². The first-order chi connectivity index (χ1) is 10.5. The highest BCUT2D eigenvalue weighted by Gasteiger charge is 2.27. The minimum absolute atomic E-state index is 0.0648. The lowest BCUT2D eigenvalue weighted by Crippen LogP contribution is -2.53. The van der Waals surface area contributed by atoms with Gasteiger partial charge in [-0.15, -0.1) is 0 Å². The molecule has 0 atom stereocenters. The van der Waals surface area contributed by atoms with Crippen molar-refractivity contribution in [2.24, 2.45) is 5.73 Å². The van der Waals surface area contributed by atoms with Crippen LogP contribution in [-0.2, 0) is 0 Å². The van der Waals surface area contributed by atoms with E-state index in [0.29, 0.717) is 30.8 Å². The van der Waals surface area contributed by atoms with Crippen molar-refractivity contribution in [3.63, 3.8) is 0 Å². The fourth-order valence-electron chi connectivity index (χ4n) is 2.30. The van der Waals surface area contributed by atoms with Crippen LogP contribution < -0.4 is 16.6 Å². The molecule has 1 amide bonds. The third kappa shape index (κ3) is 3.12. The van der Waals surface area contributed by atoms with Crippen molar-refractivity contribution >= 4 is 5.91 Å². The predicted molar refractivity (Wildman–Crippen MR) is 84.6 cm³/mol. The van der Waals surface area contributed by atoms with Crippen molar-refractivity contribution in [2.45, 2.75) is 32.2 Å². The predicted octanol–water partition coefficient (Wildman–Crippen LogP) is 1.88. The van der Waals surface area contributed by atoms with Gasteiger partial charge in [0.1, 0.15) is 11.3 Å². The molecule has 0 saturated carbocycles. The van der Waals surface area contributed by atoms with Crippen molar-refractivity contribution in [3.05, 3.63) is 46.4 Å². The summed E-state index contributed by atoms with van der Waals surface area (Å²) in [5.41, 5.74) is 5.43. The average Bonchev–Trinajstić information content (AvgIpc) is 3.07.